The molecule has 1 heterocycles. The van der Waals surface area contributed by atoms with E-state index in [-0.39, 0.29) is 5.69 Å². The lowest BCUT2D eigenvalue weighted by Crippen LogP contribution is -2.16. The van der Waals surface area contributed by atoms with Gasteiger partial charge in [-0.2, -0.15) is 8.78 Å². The molecule has 0 aliphatic rings. The molecule has 0 radical (unpaired) electrons. The molecular formula is C17H13ClF2N2OS. The maximum Gasteiger partial charge on any atom is 0.288 e. The average Bonchev–Trinajstić information content (AvgIpc) is 2.81. The largest absolute Gasteiger partial charge is 0.338 e. The van der Waals surface area contributed by atoms with Crippen molar-refractivity contribution in [2.24, 2.45) is 7.05 Å². The highest BCUT2D eigenvalue weighted by Crippen LogP contribution is 2.34. The van der Waals surface area contributed by atoms with Crippen LogP contribution >= 0.6 is 23.4 Å². The predicted molar refractivity (Wildman–Crippen MR) is 94.2 cm³/mol. The second-order valence-corrected chi connectivity index (χ2v) is 6.48. The lowest BCUT2D eigenvalue weighted by molar-refractivity contribution is 0.101. The van der Waals surface area contributed by atoms with E-state index >= 15 is 0 Å². The van der Waals surface area contributed by atoms with Crippen LogP contribution < -0.4 is 5.32 Å². The van der Waals surface area contributed by atoms with Crippen LogP contribution in [0.25, 0.3) is 10.9 Å². The Morgan fingerprint density at radius 2 is 1.83 bits per heavy atom. The van der Waals surface area contributed by atoms with Gasteiger partial charge in [0.15, 0.2) is 0 Å². The number of amides is 1. The maximum absolute atomic E-state index is 12.7. The van der Waals surface area contributed by atoms with E-state index in [1.165, 1.54) is 6.07 Å². The van der Waals surface area contributed by atoms with Crippen LogP contribution in [0.3, 0.4) is 0 Å². The SMILES string of the molecule is Cn1c(C(=O)Nc2ccccc2SC(F)F)c(Cl)c2ccccc21. The highest BCUT2D eigenvalue weighted by atomic mass is 35.5. The monoisotopic (exact) mass is 366 g/mol. The van der Waals surface area contributed by atoms with Gasteiger partial charge in [-0.3, -0.25) is 4.79 Å². The first-order valence-corrected chi connectivity index (χ1v) is 8.33. The topological polar surface area (TPSA) is 34.0 Å². The Balaban J connectivity index is 1.97. The second kappa shape index (κ2) is 6.83. The summed E-state index contributed by atoms with van der Waals surface area (Å²) in [5, 5.41) is 3.78. The van der Waals surface area contributed by atoms with E-state index in [4.69, 9.17) is 11.6 Å². The van der Waals surface area contributed by atoms with Crippen molar-refractivity contribution in [2.45, 2.75) is 10.7 Å². The number of halogens is 3. The van der Waals surface area contributed by atoms with Crippen molar-refractivity contribution in [3.8, 4) is 0 Å². The third kappa shape index (κ3) is 3.12. The quantitative estimate of drug-likeness (QED) is 0.627. The van der Waals surface area contributed by atoms with Gasteiger partial charge < -0.3 is 9.88 Å². The number of nitrogens with zero attached hydrogens (tertiary/aromatic N) is 1. The summed E-state index contributed by atoms with van der Waals surface area (Å²) in [6.45, 7) is 0. The van der Waals surface area contributed by atoms with E-state index in [9.17, 15) is 13.6 Å². The molecule has 0 spiro atoms. The molecule has 24 heavy (non-hydrogen) atoms. The normalized spacial score (nSPS) is 11.2. The van der Waals surface area contributed by atoms with E-state index in [2.05, 4.69) is 5.32 Å². The van der Waals surface area contributed by atoms with Crippen LogP contribution in [-0.2, 0) is 7.05 Å². The second-order valence-electron chi connectivity index (χ2n) is 5.07. The van der Waals surface area contributed by atoms with Crippen molar-refractivity contribution in [1.29, 1.82) is 0 Å². The Kier molecular flexibility index (Phi) is 4.78. The molecule has 0 bridgehead atoms. The fourth-order valence-corrected chi connectivity index (χ4v) is 3.52. The molecule has 1 aromatic heterocycles. The highest BCUT2D eigenvalue weighted by molar-refractivity contribution is 7.99. The molecule has 0 aliphatic heterocycles. The predicted octanol–water partition coefficient (Wildman–Crippen LogP) is 5.40. The van der Waals surface area contributed by atoms with Crippen LogP contribution in [0.15, 0.2) is 53.4 Å². The molecular weight excluding hydrogens is 354 g/mol. The third-order valence-corrected chi connectivity index (χ3v) is 4.78. The van der Waals surface area contributed by atoms with Gasteiger partial charge in [-0.15, -0.1) is 0 Å². The van der Waals surface area contributed by atoms with Crippen molar-refractivity contribution < 1.29 is 13.6 Å². The lowest BCUT2D eigenvalue weighted by Gasteiger charge is -2.11. The van der Waals surface area contributed by atoms with Crippen LogP contribution in [0.5, 0.6) is 0 Å². The van der Waals surface area contributed by atoms with Gasteiger partial charge in [-0.05, 0) is 18.2 Å². The number of carbonyl (C=O) groups excluding carboxylic acids is 1. The van der Waals surface area contributed by atoms with Gasteiger partial charge in [0.25, 0.3) is 11.7 Å². The smallest absolute Gasteiger partial charge is 0.288 e. The molecule has 3 rings (SSSR count). The zero-order valence-corrected chi connectivity index (χ0v) is 14.2. The minimum absolute atomic E-state index is 0.287. The zero-order chi connectivity index (χ0) is 17.3. The Bertz CT molecular complexity index is 872. The summed E-state index contributed by atoms with van der Waals surface area (Å²) in [5.74, 6) is -3.01. The number of nitrogens with one attached hydrogen (secondary N) is 1. The minimum atomic E-state index is -2.57. The molecule has 0 aliphatic carbocycles. The molecule has 1 N–H and O–H groups in total. The van der Waals surface area contributed by atoms with Crippen LogP contribution in [0.1, 0.15) is 10.5 Å². The fraction of sp³-hybridized carbons (Fsp3) is 0.118. The molecule has 3 aromatic rings. The van der Waals surface area contributed by atoms with Gasteiger partial charge >= 0.3 is 0 Å². The average molecular weight is 367 g/mol. The number of para-hydroxylation sites is 2. The van der Waals surface area contributed by atoms with Gasteiger partial charge in [0.05, 0.1) is 10.7 Å². The number of rotatable bonds is 4. The molecule has 3 nitrogen and oxygen atoms in total. The zero-order valence-electron chi connectivity index (χ0n) is 12.6. The number of benzene rings is 2. The number of thioether (sulfide) groups is 1. The first kappa shape index (κ1) is 16.8. The number of hydrogen-bond acceptors (Lipinski definition) is 2. The lowest BCUT2D eigenvalue weighted by atomic mass is 10.2. The summed E-state index contributed by atoms with van der Waals surface area (Å²) in [4.78, 5) is 13.0. The van der Waals surface area contributed by atoms with E-state index in [0.29, 0.717) is 27.4 Å². The van der Waals surface area contributed by atoms with Gasteiger partial charge in [0, 0.05) is 22.8 Å². The van der Waals surface area contributed by atoms with Crippen molar-refractivity contribution in [3.05, 3.63) is 59.2 Å². The molecule has 0 fully saturated rings. The summed E-state index contributed by atoms with van der Waals surface area (Å²) in [6, 6.07) is 13.8. The first-order chi connectivity index (χ1) is 11.5. The standard InChI is InChI=1S/C17H13ClF2N2OS/c1-22-12-8-4-2-6-10(12)14(18)15(22)16(23)21-11-7-3-5-9-13(11)24-17(19)20/h2-9,17H,1H3,(H,21,23). The molecule has 0 saturated carbocycles. The fourth-order valence-electron chi connectivity index (χ4n) is 2.55. The van der Waals surface area contributed by atoms with Crippen molar-refractivity contribution in [3.63, 3.8) is 0 Å². The molecule has 0 unspecified atom stereocenters. The number of aryl methyl sites for hydroxylation is 1. The number of aromatic nitrogens is 1. The van der Waals surface area contributed by atoms with E-state index in [1.807, 2.05) is 24.3 Å². The van der Waals surface area contributed by atoms with E-state index in [1.54, 1.807) is 29.8 Å². The number of fused-ring (bicyclic) bond motifs is 1. The van der Waals surface area contributed by atoms with Crippen molar-refractivity contribution >= 4 is 45.9 Å². The van der Waals surface area contributed by atoms with Gasteiger partial charge in [0.2, 0.25) is 0 Å². The Morgan fingerprint density at radius 3 is 2.54 bits per heavy atom. The summed E-state index contributed by atoms with van der Waals surface area (Å²) < 4.78 is 27.0. The van der Waals surface area contributed by atoms with Crippen LogP contribution in [0.2, 0.25) is 5.02 Å². The van der Waals surface area contributed by atoms with Crippen LogP contribution in [0.4, 0.5) is 14.5 Å². The molecule has 0 saturated heterocycles. The summed E-state index contributed by atoms with van der Waals surface area (Å²) in [5.41, 5.74) is 1.44. The number of carbonyl (C=O) groups is 1. The Hall–Kier alpha value is -2.05. The molecule has 1 amide bonds. The van der Waals surface area contributed by atoms with Crippen molar-refractivity contribution in [1.82, 2.24) is 4.57 Å². The maximum atomic E-state index is 12.7. The van der Waals surface area contributed by atoms with E-state index in [0.717, 1.165) is 10.9 Å². The molecule has 0 atom stereocenters. The molecule has 2 aromatic carbocycles. The third-order valence-electron chi connectivity index (χ3n) is 3.61. The van der Waals surface area contributed by atoms with Gasteiger partial charge in [-0.25, -0.2) is 0 Å². The number of hydrogen-bond donors (Lipinski definition) is 1. The summed E-state index contributed by atoms with van der Waals surface area (Å²) in [7, 11) is 1.74. The van der Waals surface area contributed by atoms with E-state index < -0.39 is 11.7 Å². The molecule has 7 heteroatoms. The first-order valence-electron chi connectivity index (χ1n) is 7.07. The van der Waals surface area contributed by atoms with Gasteiger partial charge in [0.1, 0.15) is 5.69 Å². The summed E-state index contributed by atoms with van der Waals surface area (Å²) in [6.07, 6.45) is 0. The van der Waals surface area contributed by atoms with Crippen LogP contribution in [0, 0.1) is 0 Å². The highest BCUT2D eigenvalue weighted by Gasteiger charge is 2.21. The summed E-state index contributed by atoms with van der Waals surface area (Å²) >= 11 is 6.73. The Labute approximate surface area is 146 Å². The number of anilines is 1. The minimum Gasteiger partial charge on any atom is -0.338 e. The van der Waals surface area contributed by atoms with Crippen molar-refractivity contribution in [2.75, 3.05) is 5.32 Å². The molecule has 124 valence electrons. The van der Waals surface area contributed by atoms with Gasteiger partial charge in [-0.1, -0.05) is 53.7 Å². The Morgan fingerprint density at radius 1 is 1.17 bits per heavy atom. The number of alkyl halides is 2. The van der Waals surface area contributed by atoms with Crippen LogP contribution in [-0.4, -0.2) is 16.2 Å².